The lowest BCUT2D eigenvalue weighted by Crippen LogP contribution is -2.39. The first kappa shape index (κ1) is 14.5. The quantitative estimate of drug-likeness (QED) is 0.873. The molecule has 1 atom stereocenters. The summed E-state index contributed by atoms with van der Waals surface area (Å²) in [6, 6.07) is 9.16. The molecule has 0 radical (unpaired) electrons. The lowest BCUT2D eigenvalue weighted by atomic mass is 9.99. The molecule has 1 aliphatic rings. The molecule has 0 bridgehead atoms. The Kier molecular flexibility index (Phi) is 4.32. The van der Waals surface area contributed by atoms with Gasteiger partial charge in [0, 0.05) is 31.0 Å². The Bertz CT molecular complexity index is 628. The number of benzene rings is 1. The number of hydrogen-bond acceptors (Lipinski definition) is 4. The van der Waals surface area contributed by atoms with Crippen LogP contribution in [0.25, 0.3) is 0 Å². The van der Waals surface area contributed by atoms with Crippen molar-refractivity contribution in [2.75, 3.05) is 13.1 Å². The van der Waals surface area contributed by atoms with Crippen LogP contribution in [0.1, 0.15) is 30.1 Å². The van der Waals surface area contributed by atoms with E-state index in [0.29, 0.717) is 23.2 Å². The molecule has 22 heavy (non-hydrogen) atoms. The van der Waals surface area contributed by atoms with Gasteiger partial charge in [0.15, 0.2) is 0 Å². The van der Waals surface area contributed by atoms with Gasteiger partial charge in [0.05, 0.1) is 0 Å². The van der Waals surface area contributed by atoms with Crippen molar-refractivity contribution < 1.29 is 9.53 Å². The van der Waals surface area contributed by atoms with Gasteiger partial charge >= 0.3 is 6.01 Å². The number of piperidine rings is 1. The minimum absolute atomic E-state index is 0.0917. The molecule has 1 aliphatic heterocycles. The number of nitrogens with zero attached hydrogens (tertiary/aromatic N) is 3. The molecule has 1 fully saturated rings. The summed E-state index contributed by atoms with van der Waals surface area (Å²) < 4.78 is 5.53. The maximum atomic E-state index is 12.5. The number of likely N-dealkylation sites (tertiary alicyclic amines) is 1. The van der Waals surface area contributed by atoms with Crippen LogP contribution in [0.2, 0.25) is 0 Å². The van der Waals surface area contributed by atoms with Gasteiger partial charge in [0.1, 0.15) is 5.75 Å². The summed E-state index contributed by atoms with van der Waals surface area (Å²) in [4.78, 5) is 22.4. The zero-order valence-electron chi connectivity index (χ0n) is 12.6. The van der Waals surface area contributed by atoms with E-state index in [2.05, 4.69) is 16.9 Å². The van der Waals surface area contributed by atoms with Crippen LogP contribution in [0.15, 0.2) is 42.7 Å². The van der Waals surface area contributed by atoms with Crippen molar-refractivity contribution in [2.45, 2.75) is 19.8 Å². The summed E-state index contributed by atoms with van der Waals surface area (Å²) in [7, 11) is 0. The molecule has 1 aromatic heterocycles. The molecular weight excluding hydrogens is 278 g/mol. The third-order valence-corrected chi connectivity index (χ3v) is 3.80. The van der Waals surface area contributed by atoms with E-state index in [4.69, 9.17) is 4.74 Å². The molecule has 114 valence electrons. The van der Waals surface area contributed by atoms with E-state index in [1.165, 1.54) is 6.42 Å². The summed E-state index contributed by atoms with van der Waals surface area (Å²) in [5.74, 6) is 1.29. The minimum atomic E-state index is 0.0917. The van der Waals surface area contributed by atoms with Gasteiger partial charge < -0.3 is 9.64 Å². The van der Waals surface area contributed by atoms with Crippen LogP contribution >= 0.6 is 0 Å². The Balaban J connectivity index is 1.67. The van der Waals surface area contributed by atoms with Crippen LogP contribution in [0, 0.1) is 5.92 Å². The molecule has 3 rings (SSSR count). The fourth-order valence-corrected chi connectivity index (χ4v) is 2.67. The summed E-state index contributed by atoms with van der Waals surface area (Å²) in [6.45, 7) is 3.88. The van der Waals surface area contributed by atoms with Crippen molar-refractivity contribution >= 4 is 5.91 Å². The SMILES string of the molecule is CC1CCCN(C(=O)c2ccc(Oc3ncccn3)cc2)C1. The van der Waals surface area contributed by atoms with Crippen molar-refractivity contribution in [3.8, 4) is 11.8 Å². The van der Waals surface area contributed by atoms with E-state index in [9.17, 15) is 4.79 Å². The molecule has 0 aliphatic carbocycles. The molecule has 1 aromatic carbocycles. The molecule has 5 heteroatoms. The van der Waals surface area contributed by atoms with E-state index >= 15 is 0 Å². The lowest BCUT2D eigenvalue weighted by Gasteiger charge is -2.31. The zero-order chi connectivity index (χ0) is 15.4. The van der Waals surface area contributed by atoms with Gasteiger partial charge in [0.25, 0.3) is 5.91 Å². The minimum Gasteiger partial charge on any atom is -0.424 e. The lowest BCUT2D eigenvalue weighted by molar-refractivity contribution is 0.0683. The summed E-state index contributed by atoms with van der Waals surface area (Å²) >= 11 is 0. The van der Waals surface area contributed by atoms with Gasteiger partial charge in [-0.1, -0.05) is 6.92 Å². The van der Waals surface area contributed by atoms with Crippen molar-refractivity contribution in [1.29, 1.82) is 0 Å². The van der Waals surface area contributed by atoms with Crippen molar-refractivity contribution in [3.63, 3.8) is 0 Å². The Morgan fingerprint density at radius 1 is 1.23 bits per heavy atom. The maximum absolute atomic E-state index is 12.5. The van der Waals surface area contributed by atoms with Crippen LogP contribution in [-0.2, 0) is 0 Å². The number of ether oxygens (including phenoxy) is 1. The Morgan fingerprint density at radius 3 is 2.64 bits per heavy atom. The van der Waals surface area contributed by atoms with Gasteiger partial charge in [-0.25, -0.2) is 9.97 Å². The molecule has 1 amide bonds. The molecule has 0 N–H and O–H groups in total. The molecular formula is C17H19N3O2. The molecule has 2 aromatic rings. The molecule has 1 saturated heterocycles. The number of amides is 1. The first-order chi connectivity index (χ1) is 10.7. The van der Waals surface area contributed by atoms with Crippen molar-refractivity contribution in [1.82, 2.24) is 14.9 Å². The highest BCUT2D eigenvalue weighted by atomic mass is 16.5. The summed E-state index contributed by atoms with van der Waals surface area (Å²) in [5.41, 5.74) is 0.690. The van der Waals surface area contributed by atoms with Gasteiger partial charge in [-0.15, -0.1) is 0 Å². The maximum Gasteiger partial charge on any atom is 0.321 e. The summed E-state index contributed by atoms with van der Waals surface area (Å²) in [5, 5.41) is 0. The first-order valence-corrected chi connectivity index (χ1v) is 7.56. The van der Waals surface area contributed by atoms with E-state index in [1.807, 2.05) is 4.90 Å². The van der Waals surface area contributed by atoms with Crippen molar-refractivity contribution in [2.24, 2.45) is 5.92 Å². The van der Waals surface area contributed by atoms with E-state index in [1.54, 1.807) is 42.7 Å². The fourth-order valence-electron chi connectivity index (χ4n) is 2.67. The second-order valence-electron chi connectivity index (χ2n) is 5.66. The van der Waals surface area contributed by atoms with Crippen LogP contribution in [0.4, 0.5) is 0 Å². The molecule has 2 heterocycles. The summed E-state index contributed by atoms with van der Waals surface area (Å²) in [6.07, 6.45) is 5.53. The third-order valence-electron chi connectivity index (χ3n) is 3.80. The highest BCUT2D eigenvalue weighted by molar-refractivity contribution is 5.94. The highest BCUT2D eigenvalue weighted by Gasteiger charge is 2.21. The Hall–Kier alpha value is -2.43. The fraction of sp³-hybridized carbons (Fsp3) is 0.353. The Morgan fingerprint density at radius 2 is 1.95 bits per heavy atom. The highest BCUT2D eigenvalue weighted by Crippen LogP contribution is 2.21. The Labute approximate surface area is 130 Å². The number of carbonyl (C=O) groups excluding carboxylic acids is 1. The smallest absolute Gasteiger partial charge is 0.321 e. The molecule has 1 unspecified atom stereocenters. The van der Waals surface area contributed by atoms with Crippen LogP contribution < -0.4 is 4.74 Å². The average Bonchev–Trinajstić information content (AvgIpc) is 2.56. The monoisotopic (exact) mass is 297 g/mol. The van der Waals surface area contributed by atoms with E-state index < -0.39 is 0 Å². The van der Waals surface area contributed by atoms with Crippen LogP contribution in [0.5, 0.6) is 11.8 Å². The van der Waals surface area contributed by atoms with Crippen LogP contribution in [-0.4, -0.2) is 33.9 Å². The number of carbonyl (C=O) groups is 1. The van der Waals surface area contributed by atoms with Gasteiger partial charge in [-0.05, 0) is 49.1 Å². The second kappa shape index (κ2) is 6.56. The largest absolute Gasteiger partial charge is 0.424 e. The predicted octanol–water partition coefficient (Wildman–Crippen LogP) is 3.14. The topological polar surface area (TPSA) is 55.3 Å². The van der Waals surface area contributed by atoms with Gasteiger partial charge in [0.2, 0.25) is 0 Å². The zero-order valence-corrected chi connectivity index (χ0v) is 12.6. The molecule has 0 spiro atoms. The normalized spacial score (nSPS) is 18.0. The average molecular weight is 297 g/mol. The third kappa shape index (κ3) is 3.42. The van der Waals surface area contributed by atoms with Crippen molar-refractivity contribution in [3.05, 3.63) is 48.3 Å². The predicted molar refractivity (Wildman–Crippen MR) is 82.8 cm³/mol. The van der Waals surface area contributed by atoms with Crippen LogP contribution in [0.3, 0.4) is 0 Å². The number of hydrogen-bond donors (Lipinski definition) is 0. The number of rotatable bonds is 3. The van der Waals surface area contributed by atoms with E-state index in [-0.39, 0.29) is 5.91 Å². The molecule has 0 saturated carbocycles. The number of aromatic nitrogens is 2. The standard InChI is InChI=1S/C17H19N3O2/c1-13-4-2-11-20(12-13)16(21)14-5-7-15(8-6-14)22-17-18-9-3-10-19-17/h3,5-10,13H,2,4,11-12H2,1H3. The second-order valence-corrected chi connectivity index (χ2v) is 5.66. The first-order valence-electron chi connectivity index (χ1n) is 7.56. The van der Waals surface area contributed by atoms with Gasteiger partial charge in [-0.2, -0.15) is 0 Å². The van der Waals surface area contributed by atoms with Gasteiger partial charge in [-0.3, -0.25) is 4.79 Å². The molecule has 5 nitrogen and oxygen atoms in total. The van der Waals surface area contributed by atoms with E-state index in [0.717, 1.165) is 19.5 Å².